The third-order valence-corrected chi connectivity index (χ3v) is 4.11. The summed E-state index contributed by atoms with van der Waals surface area (Å²) in [6.45, 7) is 0.406. The van der Waals surface area contributed by atoms with Gasteiger partial charge in [0.2, 0.25) is 23.6 Å². The second-order valence-corrected chi connectivity index (χ2v) is 6.52. The lowest BCUT2D eigenvalue weighted by Crippen LogP contribution is -2.59. The molecule has 0 aliphatic heterocycles. The molecule has 166 valence electrons. The molecule has 4 amide bonds. The highest BCUT2D eigenvalue weighted by Crippen LogP contribution is 2.00. The fraction of sp³-hybridized carbons (Fsp3) is 0.667. The van der Waals surface area contributed by atoms with Crippen molar-refractivity contribution in [3.8, 4) is 0 Å². The van der Waals surface area contributed by atoms with Crippen molar-refractivity contribution in [1.29, 1.82) is 0 Å². The summed E-state index contributed by atoms with van der Waals surface area (Å²) in [5, 5.41) is 34.2. The molecule has 0 aromatic carbocycles. The van der Waals surface area contributed by atoms with E-state index in [9.17, 15) is 34.2 Å². The number of carboxylic acid groups (broad SMARTS) is 1. The van der Waals surface area contributed by atoms with E-state index < -0.39 is 66.5 Å². The van der Waals surface area contributed by atoms with Crippen LogP contribution in [0.5, 0.6) is 0 Å². The van der Waals surface area contributed by atoms with Gasteiger partial charge in [0, 0.05) is 12.2 Å². The van der Waals surface area contributed by atoms with E-state index in [0.717, 1.165) is 0 Å². The highest BCUT2D eigenvalue weighted by molar-refractivity contribution is 7.80. The zero-order valence-electron chi connectivity index (χ0n) is 15.7. The molecule has 13 nitrogen and oxygen atoms in total. The lowest BCUT2D eigenvalue weighted by Gasteiger charge is -2.23. The molecule has 0 rings (SSSR count). The van der Waals surface area contributed by atoms with Gasteiger partial charge < -0.3 is 42.7 Å². The molecule has 0 aromatic heterocycles. The standard InChI is InChI=1S/C15H27N5O8S/c1-6(22)11(17)14(26)20-9(5-29)13(25)19-8(4-21)12(24)18-7(15(27)28)2-3-10(16)23/h6-9,11,21-22,29H,2-5,17H2,1H3,(H2,16,23)(H,18,24)(H,19,25)(H,20,26)(H,27,28). The summed E-state index contributed by atoms with van der Waals surface area (Å²) < 4.78 is 0. The van der Waals surface area contributed by atoms with Crippen molar-refractivity contribution < 1.29 is 39.3 Å². The number of carbonyl (C=O) groups excluding carboxylic acids is 4. The minimum atomic E-state index is -1.54. The number of aliphatic hydroxyl groups is 2. The molecule has 0 aliphatic rings. The van der Waals surface area contributed by atoms with E-state index in [1.807, 2.05) is 0 Å². The minimum Gasteiger partial charge on any atom is -0.480 e. The van der Waals surface area contributed by atoms with Gasteiger partial charge in [0.25, 0.3) is 0 Å². The Balaban J connectivity index is 5.01. The number of carboxylic acids is 1. The molecule has 0 aliphatic carbocycles. The molecule has 5 unspecified atom stereocenters. The van der Waals surface area contributed by atoms with E-state index in [1.54, 1.807) is 0 Å². The summed E-state index contributed by atoms with van der Waals surface area (Å²) in [5.74, 6) is -5.15. The van der Waals surface area contributed by atoms with Crippen molar-refractivity contribution in [2.24, 2.45) is 11.5 Å². The average molecular weight is 437 g/mol. The predicted octanol–water partition coefficient (Wildman–Crippen LogP) is -4.58. The predicted molar refractivity (Wildman–Crippen MR) is 102 cm³/mol. The largest absolute Gasteiger partial charge is 0.480 e. The molecule has 0 saturated carbocycles. The number of hydrogen-bond donors (Lipinski definition) is 9. The van der Waals surface area contributed by atoms with Crippen molar-refractivity contribution in [3.63, 3.8) is 0 Å². The van der Waals surface area contributed by atoms with Crippen LogP contribution in [0, 0.1) is 0 Å². The van der Waals surface area contributed by atoms with E-state index >= 15 is 0 Å². The van der Waals surface area contributed by atoms with Crippen LogP contribution in [0.2, 0.25) is 0 Å². The lowest BCUT2D eigenvalue weighted by molar-refractivity contribution is -0.143. The maximum Gasteiger partial charge on any atom is 0.326 e. The maximum absolute atomic E-state index is 12.3. The van der Waals surface area contributed by atoms with E-state index in [4.69, 9.17) is 16.6 Å². The van der Waals surface area contributed by atoms with Gasteiger partial charge in [-0.2, -0.15) is 12.6 Å². The Hall–Kier alpha value is -2.42. The molecule has 0 spiro atoms. The molecule has 14 heteroatoms. The van der Waals surface area contributed by atoms with Crippen LogP contribution in [0.4, 0.5) is 0 Å². The monoisotopic (exact) mass is 437 g/mol. The average Bonchev–Trinajstić information content (AvgIpc) is 2.65. The molecule has 0 fully saturated rings. The van der Waals surface area contributed by atoms with Gasteiger partial charge in [0.05, 0.1) is 12.7 Å². The van der Waals surface area contributed by atoms with Crippen LogP contribution in [0.15, 0.2) is 0 Å². The van der Waals surface area contributed by atoms with Gasteiger partial charge in [-0.3, -0.25) is 19.2 Å². The van der Waals surface area contributed by atoms with Crippen molar-refractivity contribution in [2.75, 3.05) is 12.4 Å². The van der Waals surface area contributed by atoms with E-state index in [0.29, 0.717) is 0 Å². The normalized spacial score (nSPS) is 15.9. The summed E-state index contributed by atoms with van der Waals surface area (Å²) in [7, 11) is 0. The van der Waals surface area contributed by atoms with Gasteiger partial charge in [-0.25, -0.2) is 4.79 Å². The number of thiol groups is 1. The van der Waals surface area contributed by atoms with Crippen molar-refractivity contribution in [2.45, 2.75) is 50.0 Å². The molecule has 0 radical (unpaired) electrons. The number of rotatable bonds is 13. The lowest BCUT2D eigenvalue weighted by atomic mass is 10.1. The summed E-state index contributed by atoms with van der Waals surface area (Å²) >= 11 is 3.92. The summed E-state index contributed by atoms with van der Waals surface area (Å²) in [4.78, 5) is 58.2. The summed E-state index contributed by atoms with van der Waals surface area (Å²) in [6.07, 6.45) is -1.76. The first-order valence-corrected chi connectivity index (χ1v) is 9.15. The Morgan fingerprint density at radius 3 is 1.86 bits per heavy atom. The quantitative estimate of drug-likeness (QED) is 0.126. The summed E-state index contributed by atoms with van der Waals surface area (Å²) in [6, 6.07) is -5.56. The van der Waals surface area contributed by atoms with Gasteiger partial charge in [-0.1, -0.05) is 0 Å². The molecular weight excluding hydrogens is 410 g/mol. The van der Waals surface area contributed by atoms with Gasteiger partial charge >= 0.3 is 5.97 Å². The second-order valence-electron chi connectivity index (χ2n) is 6.16. The molecule has 10 N–H and O–H groups in total. The van der Waals surface area contributed by atoms with Crippen LogP contribution < -0.4 is 27.4 Å². The number of amides is 4. The Kier molecular flexibility index (Phi) is 11.8. The Bertz CT molecular complexity index is 618. The van der Waals surface area contributed by atoms with Gasteiger partial charge in [0.15, 0.2) is 0 Å². The fourth-order valence-electron chi connectivity index (χ4n) is 1.96. The molecule has 0 bridgehead atoms. The minimum absolute atomic E-state index is 0.194. The highest BCUT2D eigenvalue weighted by atomic mass is 32.1. The van der Waals surface area contributed by atoms with Crippen LogP contribution in [0.25, 0.3) is 0 Å². The molecule has 29 heavy (non-hydrogen) atoms. The van der Waals surface area contributed by atoms with Crippen LogP contribution in [-0.4, -0.2) is 87.5 Å². The number of primary amides is 1. The van der Waals surface area contributed by atoms with Gasteiger partial charge in [-0.15, -0.1) is 0 Å². The molecule has 5 atom stereocenters. The molecule has 0 saturated heterocycles. The fourth-order valence-corrected chi connectivity index (χ4v) is 2.22. The number of hydrogen-bond acceptors (Lipinski definition) is 9. The second kappa shape index (κ2) is 12.9. The first-order chi connectivity index (χ1) is 13.4. The third kappa shape index (κ3) is 9.56. The Labute approximate surface area is 172 Å². The van der Waals surface area contributed by atoms with Gasteiger partial charge in [-0.05, 0) is 13.3 Å². The number of nitrogens with one attached hydrogen (secondary N) is 3. The Morgan fingerprint density at radius 2 is 1.45 bits per heavy atom. The summed E-state index contributed by atoms with van der Waals surface area (Å²) in [5.41, 5.74) is 10.4. The zero-order valence-corrected chi connectivity index (χ0v) is 16.6. The van der Waals surface area contributed by atoms with Crippen LogP contribution >= 0.6 is 12.6 Å². The van der Waals surface area contributed by atoms with Crippen LogP contribution in [-0.2, 0) is 24.0 Å². The number of aliphatic carboxylic acids is 1. The van der Waals surface area contributed by atoms with E-state index in [-0.39, 0.29) is 18.6 Å². The smallest absolute Gasteiger partial charge is 0.326 e. The molecular formula is C15H27N5O8S. The van der Waals surface area contributed by atoms with Crippen LogP contribution in [0.1, 0.15) is 19.8 Å². The molecule has 0 aromatic rings. The van der Waals surface area contributed by atoms with E-state index in [2.05, 4.69) is 28.6 Å². The van der Waals surface area contributed by atoms with Crippen molar-refractivity contribution in [1.82, 2.24) is 16.0 Å². The Morgan fingerprint density at radius 1 is 0.966 bits per heavy atom. The maximum atomic E-state index is 12.3. The van der Waals surface area contributed by atoms with Crippen molar-refractivity contribution in [3.05, 3.63) is 0 Å². The number of carbonyl (C=O) groups is 5. The number of aliphatic hydroxyl groups excluding tert-OH is 2. The van der Waals surface area contributed by atoms with Crippen LogP contribution in [0.3, 0.4) is 0 Å². The number of nitrogens with two attached hydrogens (primary N) is 2. The molecule has 0 heterocycles. The van der Waals surface area contributed by atoms with E-state index in [1.165, 1.54) is 6.92 Å². The topological polar surface area (TPSA) is 234 Å². The third-order valence-electron chi connectivity index (χ3n) is 3.75. The zero-order chi connectivity index (χ0) is 22.7. The first kappa shape index (κ1) is 26.6. The van der Waals surface area contributed by atoms with Crippen molar-refractivity contribution >= 4 is 42.2 Å². The highest BCUT2D eigenvalue weighted by Gasteiger charge is 2.30. The SMILES string of the molecule is CC(O)C(N)C(=O)NC(CS)C(=O)NC(CO)C(=O)NC(CCC(N)=O)C(=O)O. The first-order valence-electron chi connectivity index (χ1n) is 8.52. The van der Waals surface area contributed by atoms with Gasteiger partial charge in [0.1, 0.15) is 24.2 Å².